The summed E-state index contributed by atoms with van der Waals surface area (Å²) in [5.74, 6) is 1.00. The molecule has 0 atom stereocenters. The number of aryl methyl sites for hydroxylation is 3. The van der Waals surface area contributed by atoms with Crippen LogP contribution in [-0.2, 0) is 16.6 Å². The Balaban J connectivity index is 2.39. The maximum Gasteiger partial charge on any atom is 0.267 e. The number of nitrogens with one attached hydrogen (secondary N) is 2. The maximum absolute atomic E-state index is 12.6. The van der Waals surface area contributed by atoms with Crippen LogP contribution in [0.3, 0.4) is 0 Å². The molecule has 8 heteroatoms. The van der Waals surface area contributed by atoms with Crippen LogP contribution in [-0.4, -0.2) is 19.9 Å². The van der Waals surface area contributed by atoms with Crippen molar-refractivity contribution in [2.24, 2.45) is 0 Å². The Morgan fingerprint density at radius 3 is 2.57 bits per heavy atom. The minimum Gasteiger partial charge on any atom is -0.465 e. The summed E-state index contributed by atoms with van der Waals surface area (Å²) in [5.41, 5.74) is 0.662. The first kappa shape index (κ1) is 16.0. The van der Waals surface area contributed by atoms with E-state index in [0.717, 1.165) is 11.4 Å². The maximum atomic E-state index is 12.6. The average molecular weight is 329 g/mol. The van der Waals surface area contributed by atoms with Gasteiger partial charge in [-0.25, -0.2) is 13.4 Å². The van der Waals surface area contributed by atoms with E-state index in [-0.39, 0.29) is 4.90 Å². The quantitative estimate of drug-likeness (QED) is 0.851. The Morgan fingerprint density at radius 2 is 2.00 bits per heavy atom. The van der Waals surface area contributed by atoms with Crippen LogP contribution < -0.4 is 10.0 Å². The smallest absolute Gasteiger partial charge is 0.267 e. The first-order valence-corrected chi connectivity index (χ1v) is 8.90. The number of nitrogens with zero attached hydrogens (tertiary/aromatic N) is 1. The molecule has 2 heterocycles. The van der Waals surface area contributed by atoms with Gasteiger partial charge in [-0.3, -0.25) is 4.72 Å². The van der Waals surface area contributed by atoms with E-state index in [0.29, 0.717) is 28.8 Å². The van der Waals surface area contributed by atoms with E-state index >= 15 is 0 Å². The van der Waals surface area contributed by atoms with E-state index < -0.39 is 10.0 Å². The van der Waals surface area contributed by atoms with Gasteiger partial charge >= 0.3 is 0 Å². The molecule has 2 rings (SSSR count). The second-order valence-electron chi connectivity index (χ2n) is 4.68. The first-order chi connectivity index (χ1) is 9.85. The highest BCUT2D eigenvalue weighted by Crippen LogP contribution is 2.29. The van der Waals surface area contributed by atoms with Crippen molar-refractivity contribution < 1.29 is 12.8 Å². The van der Waals surface area contributed by atoms with Crippen molar-refractivity contribution in [1.82, 2.24) is 10.3 Å². The van der Waals surface area contributed by atoms with E-state index in [1.165, 1.54) is 11.3 Å². The Labute approximate surface area is 128 Å². The summed E-state index contributed by atoms with van der Waals surface area (Å²) < 4.78 is 33.2. The number of anilines is 1. The summed E-state index contributed by atoms with van der Waals surface area (Å²) >= 11 is 1.30. The summed E-state index contributed by atoms with van der Waals surface area (Å²) in [6.07, 6.45) is 1.63. The van der Waals surface area contributed by atoms with Gasteiger partial charge in [0, 0.05) is 23.2 Å². The summed E-state index contributed by atoms with van der Waals surface area (Å²) in [4.78, 5) is 5.18. The lowest BCUT2D eigenvalue weighted by Gasteiger charge is -2.08. The van der Waals surface area contributed by atoms with E-state index in [4.69, 9.17) is 4.42 Å². The third-order valence-electron chi connectivity index (χ3n) is 2.99. The lowest BCUT2D eigenvalue weighted by molar-refractivity contribution is 0.493. The topological polar surface area (TPSA) is 84.2 Å². The molecule has 0 aliphatic carbocycles. The fourth-order valence-electron chi connectivity index (χ4n) is 2.08. The zero-order valence-corrected chi connectivity index (χ0v) is 14.1. The van der Waals surface area contributed by atoms with Gasteiger partial charge in [-0.05, 0) is 27.3 Å². The van der Waals surface area contributed by atoms with E-state index in [1.54, 1.807) is 20.0 Å². The predicted octanol–water partition coefficient (Wildman–Crippen LogP) is 2.57. The zero-order chi connectivity index (χ0) is 15.6. The van der Waals surface area contributed by atoms with E-state index in [2.05, 4.69) is 15.0 Å². The van der Waals surface area contributed by atoms with Crippen LogP contribution in [0.4, 0.5) is 5.13 Å². The minimum atomic E-state index is -3.71. The van der Waals surface area contributed by atoms with Crippen LogP contribution in [0.25, 0.3) is 0 Å². The van der Waals surface area contributed by atoms with Crippen molar-refractivity contribution in [1.29, 1.82) is 0 Å². The molecule has 0 aromatic carbocycles. The van der Waals surface area contributed by atoms with E-state index in [9.17, 15) is 8.42 Å². The predicted molar refractivity (Wildman–Crippen MR) is 83.2 cm³/mol. The van der Waals surface area contributed by atoms with Crippen LogP contribution in [0.2, 0.25) is 0 Å². The van der Waals surface area contributed by atoms with Crippen molar-refractivity contribution in [2.45, 2.75) is 39.1 Å². The number of hydrogen-bond acceptors (Lipinski definition) is 6. The highest BCUT2D eigenvalue weighted by Gasteiger charge is 2.27. The third kappa shape index (κ3) is 3.45. The van der Waals surface area contributed by atoms with Gasteiger partial charge in [0.25, 0.3) is 10.0 Å². The molecular weight excluding hydrogens is 310 g/mol. The molecule has 0 aliphatic heterocycles. The van der Waals surface area contributed by atoms with Crippen LogP contribution in [0.15, 0.2) is 15.5 Å². The molecule has 0 saturated heterocycles. The number of rotatable bonds is 6. The fraction of sp³-hybridized carbons (Fsp3) is 0.462. The molecule has 116 valence electrons. The largest absolute Gasteiger partial charge is 0.465 e. The van der Waals surface area contributed by atoms with Crippen molar-refractivity contribution in [3.8, 4) is 0 Å². The van der Waals surface area contributed by atoms with Crippen molar-refractivity contribution in [3.63, 3.8) is 0 Å². The number of sulfonamides is 1. The molecule has 6 nitrogen and oxygen atoms in total. The monoisotopic (exact) mass is 329 g/mol. The van der Waals surface area contributed by atoms with Gasteiger partial charge in [-0.15, -0.1) is 11.3 Å². The summed E-state index contributed by atoms with van der Waals surface area (Å²) in [6, 6.07) is 0. The number of aromatic nitrogens is 1. The standard InChI is InChI=1S/C13H19N3O3S2/c1-5-14-7-11-9(3)19-10(4)12(11)21(17,18)16-13-15-6-8(2)20-13/h6,14H,5,7H2,1-4H3,(H,15,16). The molecule has 21 heavy (non-hydrogen) atoms. The van der Waals surface area contributed by atoms with Crippen molar-refractivity contribution >= 4 is 26.5 Å². The lowest BCUT2D eigenvalue weighted by atomic mass is 10.2. The van der Waals surface area contributed by atoms with Gasteiger partial charge in [0.15, 0.2) is 5.13 Å². The SMILES string of the molecule is CCNCc1c(C)oc(C)c1S(=O)(=O)Nc1ncc(C)s1. The van der Waals surface area contributed by atoms with Gasteiger partial charge in [-0.2, -0.15) is 0 Å². The van der Waals surface area contributed by atoms with Gasteiger partial charge < -0.3 is 9.73 Å². The molecule has 0 aliphatic rings. The average Bonchev–Trinajstić information content (AvgIpc) is 2.90. The molecule has 0 bridgehead atoms. The molecule has 0 radical (unpaired) electrons. The molecule has 2 N–H and O–H groups in total. The summed E-state index contributed by atoms with van der Waals surface area (Å²) in [5, 5.41) is 3.50. The molecule has 0 saturated carbocycles. The second-order valence-corrected chi connectivity index (χ2v) is 7.54. The van der Waals surface area contributed by atoms with Crippen LogP contribution in [0.1, 0.15) is 28.9 Å². The molecule has 2 aromatic rings. The first-order valence-electron chi connectivity index (χ1n) is 6.60. The fourth-order valence-corrected chi connectivity index (χ4v) is 4.44. The third-order valence-corrected chi connectivity index (χ3v) is 5.48. The highest BCUT2D eigenvalue weighted by molar-refractivity contribution is 7.93. The molecule has 0 unspecified atom stereocenters. The Hall–Kier alpha value is -1.38. The van der Waals surface area contributed by atoms with Gasteiger partial charge in [-0.1, -0.05) is 6.92 Å². The van der Waals surface area contributed by atoms with Gasteiger partial charge in [0.1, 0.15) is 16.4 Å². The Morgan fingerprint density at radius 1 is 1.29 bits per heavy atom. The molecule has 2 aromatic heterocycles. The van der Waals surface area contributed by atoms with E-state index in [1.807, 2.05) is 13.8 Å². The summed E-state index contributed by atoms with van der Waals surface area (Å²) in [6.45, 7) is 8.47. The Bertz CT molecular complexity index is 732. The zero-order valence-electron chi connectivity index (χ0n) is 12.5. The minimum absolute atomic E-state index is 0.203. The molecule has 0 amide bonds. The van der Waals surface area contributed by atoms with Gasteiger partial charge in [0.2, 0.25) is 0 Å². The van der Waals surface area contributed by atoms with Gasteiger partial charge in [0.05, 0.1) is 0 Å². The van der Waals surface area contributed by atoms with Crippen molar-refractivity contribution in [3.05, 3.63) is 28.2 Å². The number of thiazole rings is 1. The lowest BCUT2D eigenvalue weighted by Crippen LogP contribution is -2.18. The molecule has 0 fully saturated rings. The molecule has 0 spiro atoms. The van der Waals surface area contributed by atoms with Crippen LogP contribution in [0.5, 0.6) is 0 Å². The second kappa shape index (κ2) is 6.17. The summed E-state index contributed by atoms with van der Waals surface area (Å²) in [7, 11) is -3.71. The highest BCUT2D eigenvalue weighted by atomic mass is 32.2. The number of hydrogen-bond donors (Lipinski definition) is 2. The Kier molecular flexibility index (Phi) is 4.70. The normalized spacial score (nSPS) is 11.8. The van der Waals surface area contributed by atoms with Crippen molar-refractivity contribution in [2.75, 3.05) is 11.3 Å². The van der Waals surface area contributed by atoms with Crippen LogP contribution >= 0.6 is 11.3 Å². The molecular formula is C13H19N3O3S2. The van der Waals surface area contributed by atoms with Crippen LogP contribution in [0, 0.1) is 20.8 Å². The number of furan rings is 1.